The van der Waals surface area contributed by atoms with E-state index in [0.29, 0.717) is 0 Å². The van der Waals surface area contributed by atoms with Crippen LogP contribution in [-0.2, 0) is 13.5 Å². The van der Waals surface area contributed by atoms with Gasteiger partial charge in [0, 0.05) is 24.5 Å². The highest BCUT2D eigenvalue weighted by atomic mass is 15.2. The van der Waals surface area contributed by atoms with Gasteiger partial charge in [0.15, 0.2) is 0 Å². The molecule has 0 radical (unpaired) electrons. The normalized spacial score (nSPS) is 29.8. The molecule has 0 aromatic carbocycles. The Morgan fingerprint density at radius 2 is 2.44 bits per heavy atom. The van der Waals surface area contributed by atoms with Crippen LogP contribution in [0.3, 0.4) is 0 Å². The maximum absolute atomic E-state index is 6.46. The lowest BCUT2D eigenvalue weighted by molar-refractivity contribution is 0.379. The average Bonchev–Trinajstić information content (AvgIpc) is 2.83. The largest absolute Gasteiger partial charge is 0.325 e. The van der Waals surface area contributed by atoms with Gasteiger partial charge in [-0.25, -0.2) is 0 Å². The predicted octanol–water partition coefficient (Wildman–Crippen LogP) is 2.26. The van der Waals surface area contributed by atoms with Crippen molar-refractivity contribution in [3.63, 3.8) is 0 Å². The lowest BCUT2D eigenvalue weighted by Gasteiger charge is -2.24. The van der Waals surface area contributed by atoms with E-state index in [1.165, 1.54) is 31.4 Å². The minimum Gasteiger partial charge on any atom is -0.325 e. The van der Waals surface area contributed by atoms with E-state index in [1.807, 2.05) is 17.9 Å². The van der Waals surface area contributed by atoms with Crippen molar-refractivity contribution in [1.82, 2.24) is 9.78 Å². The summed E-state index contributed by atoms with van der Waals surface area (Å²) in [5.74, 6) is 0.858. The van der Waals surface area contributed by atoms with Crippen LogP contribution in [0.4, 0.5) is 0 Å². The van der Waals surface area contributed by atoms with E-state index in [0.717, 1.165) is 18.8 Å². The molecule has 0 spiro atoms. The van der Waals surface area contributed by atoms with Crippen LogP contribution in [0.5, 0.6) is 0 Å². The Balaban J connectivity index is 1.88. The van der Waals surface area contributed by atoms with Gasteiger partial charge >= 0.3 is 0 Å². The minimum atomic E-state index is 0.0882. The molecule has 3 nitrogen and oxygen atoms in total. The van der Waals surface area contributed by atoms with Gasteiger partial charge in [0.1, 0.15) is 0 Å². The molecule has 1 aliphatic rings. The minimum absolute atomic E-state index is 0.0882. The third-order valence-electron chi connectivity index (χ3n) is 4.12. The number of rotatable bonds is 4. The second-order valence-corrected chi connectivity index (χ2v) is 5.33. The van der Waals surface area contributed by atoms with E-state index in [4.69, 9.17) is 5.73 Å². The van der Waals surface area contributed by atoms with Crippen LogP contribution in [0, 0.1) is 5.92 Å². The van der Waals surface area contributed by atoms with Crippen molar-refractivity contribution in [2.45, 2.75) is 51.0 Å². The Bertz CT molecular complexity index is 345. The molecule has 2 unspecified atom stereocenters. The average molecular weight is 221 g/mol. The van der Waals surface area contributed by atoms with Crippen molar-refractivity contribution in [3.05, 3.63) is 18.0 Å². The first-order valence-electron chi connectivity index (χ1n) is 6.39. The molecule has 1 heterocycles. The first kappa shape index (κ1) is 11.6. The molecule has 0 amide bonds. The molecule has 1 aliphatic carbocycles. The summed E-state index contributed by atoms with van der Waals surface area (Å²) in [7, 11) is 2.00. The second kappa shape index (κ2) is 4.58. The van der Waals surface area contributed by atoms with E-state index >= 15 is 0 Å². The fraction of sp³-hybridized carbons (Fsp3) is 0.769. The quantitative estimate of drug-likeness (QED) is 0.847. The van der Waals surface area contributed by atoms with Crippen LogP contribution >= 0.6 is 0 Å². The molecule has 2 N–H and O–H groups in total. The molecule has 0 bridgehead atoms. The van der Waals surface area contributed by atoms with Gasteiger partial charge in [-0.3, -0.25) is 4.68 Å². The molecule has 1 aromatic heterocycles. The molecule has 0 saturated heterocycles. The summed E-state index contributed by atoms with van der Waals surface area (Å²) in [5.41, 5.74) is 7.85. The molecule has 90 valence electrons. The van der Waals surface area contributed by atoms with Crippen LogP contribution < -0.4 is 5.73 Å². The van der Waals surface area contributed by atoms with Crippen molar-refractivity contribution in [1.29, 1.82) is 0 Å². The maximum atomic E-state index is 6.46. The number of hydrogen-bond donors (Lipinski definition) is 1. The zero-order valence-corrected chi connectivity index (χ0v) is 10.4. The summed E-state index contributed by atoms with van der Waals surface area (Å²) in [5, 5.41) is 4.19. The molecule has 16 heavy (non-hydrogen) atoms. The van der Waals surface area contributed by atoms with E-state index in [9.17, 15) is 0 Å². The van der Waals surface area contributed by atoms with Crippen molar-refractivity contribution in [2.75, 3.05) is 0 Å². The zero-order chi connectivity index (χ0) is 11.6. The Hall–Kier alpha value is -0.830. The fourth-order valence-corrected chi connectivity index (χ4v) is 2.87. The fourth-order valence-electron chi connectivity index (χ4n) is 2.87. The van der Waals surface area contributed by atoms with Gasteiger partial charge in [-0.2, -0.15) is 5.10 Å². The lowest BCUT2D eigenvalue weighted by Crippen LogP contribution is -2.37. The van der Waals surface area contributed by atoms with Gasteiger partial charge in [0.05, 0.1) is 0 Å². The highest BCUT2D eigenvalue weighted by Gasteiger charge is 2.34. The summed E-state index contributed by atoms with van der Waals surface area (Å²) in [6.45, 7) is 2.28. The highest BCUT2D eigenvalue weighted by molar-refractivity contribution is 5.03. The molecular weight excluding hydrogens is 198 g/mol. The van der Waals surface area contributed by atoms with Gasteiger partial charge in [0.2, 0.25) is 0 Å². The van der Waals surface area contributed by atoms with Crippen LogP contribution in [0.1, 0.15) is 44.7 Å². The Labute approximate surface area is 98.0 Å². The van der Waals surface area contributed by atoms with Gasteiger partial charge in [0.25, 0.3) is 0 Å². The van der Waals surface area contributed by atoms with Gasteiger partial charge in [-0.1, -0.05) is 13.3 Å². The maximum Gasteiger partial charge on any atom is 0.0492 e. The van der Waals surface area contributed by atoms with E-state index in [2.05, 4.69) is 18.1 Å². The summed E-state index contributed by atoms with van der Waals surface area (Å²) in [4.78, 5) is 0. The SMILES string of the molecule is CCC1CCC(N)(CCc2ccnn2C)C1. The van der Waals surface area contributed by atoms with E-state index in [1.54, 1.807) is 0 Å². The molecule has 2 rings (SSSR count). The highest BCUT2D eigenvalue weighted by Crippen LogP contribution is 2.37. The first-order chi connectivity index (χ1) is 7.63. The molecule has 1 fully saturated rings. The molecule has 0 aliphatic heterocycles. The van der Waals surface area contributed by atoms with Gasteiger partial charge < -0.3 is 5.73 Å². The number of nitrogens with zero attached hydrogens (tertiary/aromatic N) is 2. The van der Waals surface area contributed by atoms with Gasteiger partial charge in [-0.05, 0) is 44.1 Å². The van der Waals surface area contributed by atoms with Gasteiger partial charge in [-0.15, -0.1) is 0 Å². The monoisotopic (exact) mass is 221 g/mol. The molecule has 2 atom stereocenters. The van der Waals surface area contributed by atoms with Crippen molar-refractivity contribution in [3.8, 4) is 0 Å². The second-order valence-electron chi connectivity index (χ2n) is 5.33. The summed E-state index contributed by atoms with van der Waals surface area (Å²) < 4.78 is 1.95. The smallest absolute Gasteiger partial charge is 0.0492 e. The summed E-state index contributed by atoms with van der Waals surface area (Å²) in [6, 6.07) is 2.09. The number of nitrogens with two attached hydrogens (primary N) is 1. The molecule has 3 heteroatoms. The van der Waals surface area contributed by atoms with Crippen LogP contribution in [-0.4, -0.2) is 15.3 Å². The Kier molecular flexibility index (Phi) is 3.33. The zero-order valence-electron chi connectivity index (χ0n) is 10.4. The van der Waals surface area contributed by atoms with Crippen molar-refractivity contribution >= 4 is 0 Å². The predicted molar refractivity (Wildman–Crippen MR) is 66.1 cm³/mol. The standard InChI is InChI=1S/C13H23N3/c1-3-11-4-7-13(14,10-11)8-5-12-6-9-15-16(12)2/h6,9,11H,3-5,7-8,10,14H2,1-2H3. The Morgan fingerprint density at radius 3 is 3.00 bits per heavy atom. The number of aryl methyl sites for hydroxylation is 2. The summed E-state index contributed by atoms with van der Waals surface area (Å²) in [6.07, 6.45) is 9.03. The Morgan fingerprint density at radius 1 is 1.62 bits per heavy atom. The van der Waals surface area contributed by atoms with Crippen molar-refractivity contribution < 1.29 is 0 Å². The lowest BCUT2D eigenvalue weighted by atomic mass is 9.90. The number of aromatic nitrogens is 2. The van der Waals surface area contributed by atoms with Crippen molar-refractivity contribution in [2.24, 2.45) is 18.7 Å². The first-order valence-corrected chi connectivity index (χ1v) is 6.39. The third kappa shape index (κ3) is 2.46. The van der Waals surface area contributed by atoms with Crippen LogP contribution in [0.15, 0.2) is 12.3 Å². The topological polar surface area (TPSA) is 43.8 Å². The number of hydrogen-bond acceptors (Lipinski definition) is 2. The summed E-state index contributed by atoms with van der Waals surface area (Å²) >= 11 is 0. The molecule has 1 saturated carbocycles. The third-order valence-corrected chi connectivity index (χ3v) is 4.12. The molecular formula is C13H23N3. The van der Waals surface area contributed by atoms with Crippen LogP contribution in [0.2, 0.25) is 0 Å². The van der Waals surface area contributed by atoms with E-state index < -0.39 is 0 Å². The van der Waals surface area contributed by atoms with Crippen LogP contribution in [0.25, 0.3) is 0 Å². The van der Waals surface area contributed by atoms with E-state index in [-0.39, 0.29) is 5.54 Å². The molecule has 1 aromatic rings.